The van der Waals surface area contributed by atoms with Crippen LogP contribution in [0.3, 0.4) is 0 Å². The molecule has 6 rings (SSSR count). The number of carbonyl (C=O) groups excluding carboxylic acids is 3. The zero-order valence-corrected chi connectivity index (χ0v) is 41.4. The highest BCUT2D eigenvalue weighted by molar-refractivity contribution is 6.08. The second-order valence-corrected chi connectivity index (χ2v) is 17.2. The van der Waals surface area contributed by atoms with E-state index >= 15 is 0 Å². The Balaban J connectivity index is 0.000000216. The zero-order valence-electron chi connectivity index (χ0n) is 41.4. The minimum absolute atomic E-state index is 0.0600. The highest BCUT2D eigenvalue weighted by Crippen LogP contribution is 2.26. The van der Waals surface area contributed by atoms with Crippen LogP contribution in [0.5, 0.6) is 0 Å². The smallest absolute Gasteiger partial charge is 0.261 e. The molecule has 0 aliphatic rings. The first kappa shape index (κ1) is 51.9. The summed E-state index contributed by atoms with van der Waals surface area (Å²) in [7, 11) is 0. The van der Waals surface area contributed by atoms with E-state index in [0.717, 1.165) is 34.1 Å². The molecular weight excluding hydrogens is 835 g/mol. The van der Waals surface area contributed by atoms with Gasteiger partial charge in [-0.1, -0.05) is 41.5 Å². The van der Waals surface area contributed by atoms with Crippen LogP contribution in [-0.4, -0.2) is 97.3 Å². The van der Waals surface area contributed by atoms with E-state index in [4.69, 9.17) is 0 Å². The van der Waals surface area contributed by atoms with E-state index in [9.17, 15) is 14.4 Å². The molecule has 6 aromatic rings. The SMILES string of the molecule is CCN(C(=O)c1cnn(C(C)C(C)C)c1C)c1ccnnc1.CCN(C(=O)c1cnn([C@@H](C)C(C)C)c1C)c1ccnnc1.CCN(C(=O)c1cnn([C@H](C)C(C)C)c1C)c1ccnnc1. The van der Waals surface area contributed by atoms with E-state index in [0.29, 0.717) is 54.1 Å². The molecular formula is C48H69N15O3. The molecule has 6 heterocycles. The second kappa shape index (κ2) is 24.0. The molecule has 0 spiro atoms. The van der Waals surface area contributed by atoms with E-state index < -0.39 is 0 Å². The summed E-state index contributed by atoms with van der Waals surface area (Å²) in [5.74, 6) is 1.18. The van der Waals surface area contributed by atoms with E-state index in [1.165, 1.54) is 0 Å². The quantitative estimate of drug-likeness (QED) is 0.0955. The molecule has 66 heavy (non-hydrogen) atoms. The Morgan fingerprint density at radius 1 is 0.424 bits per heavy atom. The van der Waals surface area contributed by atoms with E-state index in [2.05, 4.69) is 108 Å². The predicted molar refractivity (Wildman–Crippen MR) is 258 cm³/mol. The maximum atomic E-state index is 12.8. The predicted octanol–water partition coefficient (Wildman–Crippen LogP) is 8.60. The molecule has 0 fully saturated rings. The standard InChI is InChI=1S/3C16H23N5O/c3*1-6-20(14-7-8-17-18-9-14)16(22)15-10-19-21(13(15)5)12(4)11(2)3/h3*7-12H,6H2,1-5H3/t2*12-;/m10./s1. The van der Waals surface area contributed by atoms with E-state index in [1.807, 2.05) is 55.6 Å². The van der Waals surface area contributed by atoms with Gasteiger partial charge in [0.2, 0.25) is 0 Å². The van der Waals surface area contributed by atoms with Crippen molar-refractivity contribution in [1.29, 1.82) is 0 Å². The lowest BCUT2D eigenvalue weighted by molar-refractivity contribution is 0.0979. The van der Waals surface area contributed by atoms with Gasteiger partial charge in [-0.2, -0.15) is 45.9 Å². The van der Waals surface area contributed by atoms with Crippen LogP contribution >= 0.6 is 0 Å². The summed E-state index contributed by atoms with van der Waals surface area (Å²) in [6.45, 7) is 32.6. The minimum Gasteiger partial charge on any atom is -0.307 e. The molecule has 6 aromatic heterocycles. The summed E-state index contributed by atoms with van der Waals surface area (Å²) in [5.41, 5.74) is 6.80. The van der Waals surface area contributed by atoms with Gasteiger partial charge in [0.25, 0.3) is 17.7 Å². The van der Waals surface area contributed by atoms with Crippen molar-refractivity contribution in [1.82, 2.24) is 59.9 Å². The molecule has 0 bridgehead atoms. The third kappa shape index (κ3) is 12.1. The molecule has 1 unspecified atom stereocenters. The topological polar surface area (TPSA) is 192 Å². The Hall–Kier alpha value is -6.72. The summed E-state index contributed by atoms with van der Waals surface area (Å²) < 4.78 is 5.78. The van der Waals surface area contributed by atoms with Crippen molar-refractivity contribution in [3.63, 3.8) is 0 Å². The van der Waals surface area contributed by atoms with E-state index in [-0.39, 0.29) is 35.8 Å². The summed E-state index contributed by atoms with van der Waals surface area (Å²) in [6, 6.07) is 6.10. The number of rotatable bonds is 15. The van der Waals surface area contributed by atoms with Crippen LogP contribution < -0.4 is 14.7 Å². The third-order valence-electron chi connectivity index (χ3n) is 12.2. The molecule has 0 N–H and O–H groups in total. The first-order valence-electron chi connectivity index (χ1n) is 22.8. The summed E-state index contributed by atoms with van der Waals surface area (Å²) in [4.78, 5) is 43.5. The van der Waals surface area contributed by atoms with Crippen molar-refractivity contribution in [2.45, 2.75) is 122 Å². The van der Waals surface area contributed by atoms with Crippen LogP contribution in [-0.2, 0) is 0 Å². The van der Waals surface area contributed by atoms with Crippen molar-refractivity contribution in [2.75, 3.05) is 34.3 Å². The average molecular weight is 904 g/mol. The Morgan fingerprint density at radius 3 is 0.848 bits per heavy atom. The van der Waals surface area contributed by atoms with Gasteiger partial charge in [0.1, 0.15) is 0 Å². The normalized spacial score (nSPS) is 12.5. The number of hydrogen-bond donors (Lipinski definition) is 0. The maximum absolute atomic E-state index is 12.8. The fourth-order valence-corrected chi connectivity index (χ4v) is 7.08. The number of carbonyl (C=O) groups is 3. The van der Waals surface area contributed by atoms with Crippen molar-refractivity contribution in [3.8, 4) is 0 Å². The van der Waals surface area contributed by atoms with E-state index in [1.54, 1.807) is 88.7 Å². The fourth-order valence-electron chi connectivity index (χ4n) is 7.08. The summed E-state index contributed by atoms with van der Waals surface area (Å²) >= 11 is 0. The summed E-state index contributed by atoms with van der Waals surface area (Å²) in [6.07, 6.45) is 14.5. The van der Waals surface area contributed by atoms with Gasteiger partial charge in [-0.25, -0.2) is 0 Å². The van der Waals surface area contributed by atoms with Crippen molar-refractivity contribution in [2.24, 2.45) is 17.8 Å². The lowest BCUT2D eigenvalue weighted by atomic mass is 10.1. The molecule has 0 aliphatic carbocycles. The van der Waals surface area contributed by atoms with Crippen LogP contribution in [0, 0.1) is 38.5 Å². The number of nitrogens with zero attached hydrogens (tertiary/aromatic N) is 15. The minimum atomic E-state index is -0.0600. The van der Waals surface area contributed by atoms with Crippen LogP contribution in [0.15, 0.2) is 74.0 Å². The number of anilines is 3. The van der Waals surface area contributed by atoms with Gasteiger partial charge in [-0.15, -0.1) is 0 Å². The Morgan fingerprint density at radius 2 is 0.667 bits per heavy atom. The van der Waals surface area contributed by atoms with Crippen molar-refractivity contribution < 1.29 is 14.4 Å². The summed E-state index contributed by atoms with van der Waals surface area (Å²) in [5, 5.41) is 36.0. The van der Waals surface area contributed by atoms with Gasteiger partial charge < -0.3 is 14.7 Å². The first-order chi connectivity index (χ1) is 31.4. The molecule has 0 saturated carbocycles. The van der Waals surface area contributed by atoms with Gasteiger partial charge >= 0.3 is 0 Å². The highest BCUT2D eigenvalue weighted by Gasteiger charge is 2.26. The lowest BCUT2D eigenvalue weighted by Gasteiger charge is -2.21. The maximum Gasteiger partial charge on any atom is 0.261 e. The van der Waals surface area contributed by atoms with Gasteiger partial charge in [0.05, 0.1) is 108 Å². The third-order valence-corrected chi connectivity index (χ3v) is 12.2. The van der Waals surface area contributed by atoms with Crippen LogP contribution in [0.25, 0.3) is 0 Å². The molecule has 3 atom stereocenters. The van der Waals surface area contributed by atoms with Crippen molar-refractivity contribution >= 4 is 34.8 Å². The molecule has 0 aromatic carbocycles. The molecule has 354 valence electrons. The first-order valence-corrected chi connectivity index (χ1v) is 22.8. The molecule has 18 heteroatoms. The number of aromatic nitrogens is 12. The highest BCUT2D eigenvalue weighted by atomic mass is 16.2. The van der Waals surface area contributed by atoms with Crippen LogP contribution in [0.4, 0.5) is 17.1 Å². The lowest BCUT2D eigenvalue weighted by Crippen LogP contribution is -2.31. The fraction of sp³-hybridized carbons (Fsp3) is 0.500. The molecule has 0 saturated heterocycles. The Kier molecular flexibility index (Phi) is 18.9. The molecule has 18 nitrogen and oxygen atoms in total. The second-order valence-electron chi connectivity index (χ2n) is 17.2. The zero-order chi connectivity index (χ0) is 48.8. The number of amides is 3. The average Bonchev–Trinajstić information content (AvgIpc) is 4.02. The van der Waals surface area contributed by atoms with Gasteiger partial charge in [-0.3, -0.25) is 28.4 Å². The Bertz CT molecular complexity index is 2180. The van der Waals surface area contributed by atoms with Gasteiger partial charge in [-0.05, 0) is 98.3 Å². The van der Waals surface area contributed by atoms with Crippen molar-refractivity contribution in [3.05, 3.63) is 108 Å². The molecule has 0 radical (unpaired) electrons. The number of hydrogen-bond acceptors (Lipinski definition) is 12. The molecule has 0 aliphatic heterocycles. The molecule has 3 amide bonds. The largest absolute Gasteiger partial charge is 0.307 e. The Labute approximate surface area is 389 Å². The van der Waals surface area contributed by atoms with Crippen LogP contribution in [0.1, 0.15) is 149 Å². The van der Waals surface area contributed by atoms with Gasteiger partial charge in [0, 0.05) is 36.7 Å². The monoisotopic (exact) mass is 904 g/mol. The van der Waals surface area contributed by atoms with Crippen LogP contribution in [0.2, 0.25) is 0 Å². The van der Waals surface area contributed by atoms with Gasteiger partial charge in [0.15, 0.2) is 0 Å².